The summed E-state index contributed by atoms with van der Waals surface area (Å²) in [5.41, 5.74) is 1.48. The van der Waals surface area contributed by atoms with Crippen molar-refractivity contribution in [2.24, 2.45) is 5.92 Å². The Morgan fingerprint density at radius 1 is 1.10 bits per heavy atom. The third kappa shape index (κ3) is 6.56. The lowest BCUT2D eigenvalue weighted by atomic mass is 10.0. The van der Waals surface area contributed by atoms with Crippen LogP contribution in [0, 0.1) is 5.92 Å². The van der Waals surface area contributed by atoms with Crippen LogP contribution in [0.4, 0.5) is 5.69 Å². The maximum Gasteiger partial charge on any atom is 0.303 e. The van der Waals surface area contributed by atoms with Crippen molar-refractivity contribution in [2.75, 3.05) is 12.4 Å². The van der Waals surface area contributed by atoms with Gasteiger partial charge in [-0.3, -0.25) is 14.4 Å². The molecule has 0 spiro atoms. The van der Waals surface area contributed by atoms with Gasteiger partial charge in [-0.15, -0.1) is 0 Å². The van der Waals surface area contributed by atoms with E-state index in [1.165, 1.54) is 0 Å². The predicted molar refractivity (Wildman–Crippen MR) is 78.9 cm³/mol. The number of anilines is 1. The standard InChI is InChI=1S/C15H20N2O4/c1-10(8-15(20)21)7-14(19)17-12-5-3-11(4-6-12)9-13(18)16-2/h3-6,10H,7-9H2,1-2H3,(H,16,18)(H,17,19)(H,20,21). The van der Waals surface area contributed by atoms with Crippen LogP contribution < -0.4 is 10.6 Å². The summed E-state index contributed by atoms with van der Waals surface area (Å²) in [4.78, 5) is 33.5. The van der Waals surface area contributed by atoms with Crippen LogP contribution in [0.25, 0.3) is 0 Å². The molecule has 21 heavy (non-hydrogen) atoms. The van der Waals surface area contributed by atoms with Crippen LogP contribution in [0.2, 0.25) is 0 Å². The van der Waals surface area contributed by atoms with Crippen LogP contribution in [0.3, 0.4) is 0 Å². The minimum absolute atomic E-state index is 0.0293. The number of amides is 2. The Hall–Kier alpha value is -2.37. The minimum atomic E-state index is -0.908. The molecule has 114 valence electrons. The third-order valence-electron chi connectivity index (χ3n) is 2.94. The smallest absolute Gasteiger partial charge is 0.303 e. The summed E-state index contributed by atoms with van der Waals surface area (Å²) in [6.07, 6.45) is 0.422. The fourth-order valence-corrected chi connectivity index (χ4v) is 1.88. The number of rotatable bonds is 7. The molecule has 0 saturated heterocycles. The second-order valence-electron chi connectivity index (χ2n) is 5.00. The quantitative estimate of drug-likeness (QED) is 0.708. The molecule has 1 atom stereocenters. The first-order chi connectivity index (χ1) is 9.90. The lowest BCUT2D eigenvalue weighted by Crippen LogP contribution is -2.20. The molecule has 1 unspecified atom stereocenters. The number of hydrogen-bond donors (Lipinski definition) is 3. The summed E-state index contributed by atoms with van der Waals surface area (Å²) in [7, 11) is 1.58. The molecular formula is C15H20N2O4. The summed E-state index contributed by atoms with van der Waals surface area (Å²) in [5, 5.41) is 13.9. The van der Waals surface area contributed by atoms with Crippen LogP contribution in [-0.4, -0.2) is 29.9 Å². The average molecular weight is 292 g/mol. The molecule has 6 nitrogen and oxygen atoms in total. The van der Waals surface area contributed by atoms with Gasteiger partial charge in [0.1, 0.15) is 0 Å². The van der Waals surface area contributed by atoms with E-state index in [-0.39, 0.29) is 30.6 Å². The first kappa shape index (κ1) is 16.7. The number of carbonyl (C=O) groups is 3. The third-order valence-corrected chi connectivity index (χ3v) is 2.94. The van der Waals surface area contributed by atoms with Gasteiger partial charge in [0.25, 0.3) is 0 Å². The zero-order chi connectivity index (χ0) is 15.8. The van der Waals surface area contributed by atoms with Gasteiger partial charge in [0.2, 0.25) is 11.8 Å². The van der Waals surface area contributed by atoms with E-state index in [1.54, 1.807) is 38.2 Å². The lowest BCUT2D eigenvalue weighted by Gasteiger charge is -2.10. The van der Waals surface area contributed by atoms with Crippen molar-refractivity contribution in [2.45, 2.75) is 26.2 Å². The van der Waals surface area contributed by atoms with Crippen molar-refractivity contribution in [3.05, 3.63) is 29.8 Å². The number of hydrogen-bond acceptors (Lipinski definition) is 3. The summed E-state index contributed by atoms with van der Waals surface area (Å²) in [6, 6.07) is 6.98. The molecule has 0 fully saturated rings. The highest BCUT2D eigenvalue weighted by molar-refractivity contribution is 5.91. The molecule has 1 rings (SSSR count). The van der Waals surface area contributed by atoms with Crippen molar-refractivity contribution >= 4 is 23.5 Å². The van der Waals surface area contributed by atoms with Crippen LogP contribution in [0.15, 0.2) is 24.3 Å². The van der Waals surface area contributed by atoms with Gasteiger partial charge >= 0.3 is 5.97 Å². The second-order valence-corrected chi connectivity index (χ2v) is 5.00. The van der Waals surface area contributed by atoms with E-state index in [0.717, 1.165) is 5.56 Å². The predicted octanol–water partition coefficient (Wildman–Crippen LogP) is 1.41. The van der Waals surface area contributed by atoms with E-state index in [0.29, 0.717) is 12.1 Å². The van der Waals surface area contributed by atoms with Crippen LogP contribution >= 0.6 is 0 Å². The Bertz CT molecular complexity index is 511. The highest BCUT2D eigenvalue weighted by Gasteiger charge is 2.12. The van der Waals surface area contributed by atoms with E-state index in [4.69, 9.17) is 5.11 Å². The number of benzene rings is 1. The minimum Gasteiger partial charge on any atom is -0.481 e. The van der Waals surface area contributed by atoms with E-state index >= 15 is 0 Å². The summed E-state index contributed by atoms with van der Waals surface area (Å²) >= 11 is 0. The van der Waals surface area contributed by atoms with Gasteiger partial charge in [-0.25, -0.2) is 0 Å². The normalized spacial score (nSPS) is 11.5. The highest BCUT2D eigenvalue weighted by atomic mass is 16.4. The molecule has 0 heterocycles. The van der Waals surface area contributed by atoms with Crippen molar-refractivity contribution < 1.29 is 19.5 Å². The molecule has 0 aliphatic rings. The zero-order valence-corrected chi connectivity index (χ0v) is 12.2. The molecule has 0 bridgehead atoms. The first-order valence-corrected chi connectivity index (χ1v) is 6.72. The molecule has 1 aromatic carbocycles. The van der Waals surface area contributed by atoms with Crippen molar-refractivity contribution in [1.82, 2.24) is 5.32 Å². The van der Waals surface area contributed by atoms with Crippen LogP contribution in [0.1, 0.15) is 25.3 Å². The molecule has 1 aromatic rings. The second kappa shape index (κ2) is 8.04. The van der Waals surface area contributed by atoms with E-state index < -0.39 is 5.97 Å². The molecule has 0 aliphatic heterocycles. The van der Waals surface area contributed by atoms with Crippen LogP contribution in [-0.2, 0) is 20.8 Å². The fraction of sp³-hybridized carbons (Fsp3) is 0.400. The number of likely N-dealkylation sites (N-methyl/N-ethyl adjacent to an activating group) is 1. The highest BCUT2D eigenvalue weighted by Crippen LogP contribution is 2.13. The van der Waals surface area contributed by atoms with Crippen molar-refractivity contribution in [1.29, 1.82) is 0 Å². The van der Waals surface area contributed by atoms with Crippen molar-refractivity contribution in [3.63, 3.8) is 0 Å². The monoisotopic (exact) mass is 292 g/mol. The maximum absolute atomic E-state index is 11.7. The Morgan fingerprint density at radius 3 is 2.24 bits per heavy atom. The number of carboxylic acids is 1. The van der Waals surface area contributed by atoms with Gasteiger partial charge in [0.15, 0.2) is 0 Å². The molecule has 2 amide bonds. The summed E-state index contributed by atoms with van der Waals surface area (Å²) in [6.45, 7) is 1.72. The topological polar surface area (TPSA) is 95.5 Å². The zero-order valence-electron chi connectivity index (χ0n) is 12.2. The molecule has 0 aliphatic carbocycles. The van der Waals surface area contributed by atoms with Crippen molar-refractivity contribution in [3.8, 4) is 0 Å². The molecule has 0 saturated carbocycles. The molecule has 6 heteroatoms. The number of nitrogens with one attached hydrogen (secondary N) is 2. The molecule has 3 N–H and O–H groups in total. The number of aliphatic carboxylic acids is 1. The average Bonchev–Trinajstić information content (AvgIpc) is 2.39. The lowest BCUT2D eigenvalue weighted by molar-refractivity contribution is -0.138. The van der Waals surface area contributed by atoms with Gasteiger partial charge in [-0.2, -0.15) is 0 Å². The molecule has 0 aromatic heterocycles. The molecular weight excluding hydrogens is 272 g/mol. The van der Waals surface area contributed by atoms with E-state index in [1.807, 2.05) is 0 Å². The Morgan fingerprint density at radius 2 is 1.71 bits per heavy atom. The summed E-state index contributed by atoms with van der Waals surface area (Å²) < 4.78 is 0. The maximum atomic E-state index is 11.7. The molecule has 0 radical (unpaired) electrons. The van der Waals surface area contributed by atoms with Gasteiger partial charge in [-0.1, -0.05) is 19.1 Å². The fourth-order valence-electron chi connectivity index (χ4n) is 1.88. The van der Waals surface area contributed by atoms with E-state index in [2.05, 4.69) is 10.6 Å². The number of carboxylic acid groups (broad SMARTS) is 1. The largest absolute Gasteiger partial charge is 0.481 e. The number of carbonyl (C=O) groups excluding carboxylic acids is 2. The Labute approximate surface area is 123 Å². The van der Waals surface area contributed by atoms with Gasteiger partial charge in [0.05, 0.1) is 6.42 Å². The first-order valence-electron chi connectivity index (χ1n) is 6.72. The van der Waals surface area contributed by atoms with E-state index in [9.17, 15) is 14.4 Å². The van der Waals surface area contributed by atoms with Gasteiger partial charge in [0, 0.05) is 25.6 Å². The van der Waals surface area contributed by atoms with Crippen LogP contribution in [0.5, 0.6) is 0 Å². The Kier molecular flexibility index (Phi) is 6.39. The van der Waals surface area contributed by atoms with Gasteiger partial charge < -0.3 is 15.7 Å². The van der Waals surface area contributed by atoms with Gasteiger partial charge in [-0.05, 0) is 23.6 Å². The SMILES string of the molecule is CNC(=O)Cc1ccc(NC(=O)CC(C)CC(=O)O)cc1. The summed E-state index contributed by atoms with van der Waals surface area (Å²) in [5.74, 6) is -1.42. The Balaban J connectivity index is 2.49.